The normalized spacial score (nSPS) is 11.0. The van der Waals surface area contributed by atoms with E-state index in [4.69, 9.17) is 19.6 Å². The van der Waals surface area contributed by atoms with Crippen molar-refractivity contribution in [2.75, 3.05) is 0 Å². The van der Waals surface area contributed by atoms with Crippen LogP contribution >= 0.6 is 0 Å². The van der Waals surface area contributed by atoms with Gasteiger partial charge in [-0.3, -0.25) is 9.78 Å². The molecule has 2 rings (SSSR count). The van der Waals surface area contributed by atoms with Crippen molar-refractivity contribution in [3.8, 4) is 0 Å². The molecule has 2 radical (unpaired) electrons. The maximum atomic E-state index is 12.5. The minimum Gasteiger partial charge on any atom is -0.289 e. The topological polar surface area (TPSA) is 71.1 Å². The molecule has 0 heterocycles. The van der Waals surface area contributed by atoms with E-state index in [0.29, 0.717) is 17.5 Å². The summed E-state index contributed by atoms with van der Waals surface area (Å²) in [5, 5.41) is 0. The summed E-state index contributed by atoms with van der Waals surface area (Å²) < 4.78 is 0. The Morgan fingerprint density at radius 3 is 1.56 bits per heavy atom. The summed E-state index contributed by atoms with van der Waals surface area (Å²) >= 11 is 0. The summed E-state index contributed by atoms with van der Waals surface area (Å²) in [5.41, 5.74) is 4.20. The van der Waals surface area contributed by atoms with Crippen LogP contribution in [-0.4, -0.2) is 11.9 Å². The zero-order valence-electron chi connectivity index (χ0n) is 20.8. The molecule has 0 N–H and O–H groups in total. The van der Waals surface area contributed by atoms with Crippen molar-refractivity contribution < 1.29 is 29.1 Å². The van der Waals surface area contributed by atoms with Crippen LogP contribution in [0.25, 0.3) is 0 Å². The van der Waals surface area contributed by atoms with Crippen molar-refractivity contribution in [1.29, 1.82) is 0 Å². The Hall–Kier alpha value is -2.70. The highest BCUT2D eigenvalue weighted by molar-refractivity contribution is 5.91. The van der Waals surface area contributed by atoms with E-state index in [2.05, 4.69) is 6.92 Å². The Kier molecular flexibility index (Phi) is 11.8. The molecule has 2 aromatic rings. The number of benzene rings is 2. The van der Waals surface area contributed by atoms with Crippen molar-refractivity contribution in [2.24, 2.45) is 0 Å². The van der Waals surface area contributed by atoms with Crippen molar-refractivity contribution in [2.45, 2.75) is 79.1 Å². The second-order valence-corrected chi connectivity index (χ2v) is 8.64. The molecule has 6 nitrogen and oxygen atoms in total. The van der Waals surface area contributed by atoms with Gasteiger partial charge >= 0.3 is 18.2 Å². The highest BCUT2D eigenvalue weighted by Gasteiger charge is 2.22. The van der Waals surface area contributed by atoms with Gasteiger partial charge in [0, 0.05) is 6.42 Å². The van der Waals surface area contributed by atoms with Crippen LogP contribution in [-0.2, 0) is 19.6 Å². The second-order valence-electron chi connectivity index (χ2n) is 8.64. The predicted molar refractivity (Wildman–Crippen MR) is 130 cm³/mol. The van der Waals surface area contributed by atoms with Crippen molar-refractivity contribution in [3.05, 3.63) is 83.0 Å². The first kappa shape index (κ1) is 27.5. The van der Waals surface area contributed by atoms with Crippen LogP contribution < -0.4 is 0 Å². The minimum absolute atomic E-state index is 0.0740. The van der Waals surface area contributed by atoms with Gasteiger partial charge in [0.05, 0.1) is 11.1 Å². The van der Waals surface area contributed by atoms with Crippen LogP contribution in [0.2, 0.25) is 0 Å². The molecule has 0 aliphatic carbocycles. The highest BCUT2D eigenvalue weighted by atomic mass is 17.3. The first-order valence-electron chi connectivity index (χ1n) is 11.9. The smallest absolute Gasteiger partial charge is 0.289 e. The van der Waals surface area contributed by atoms with Gasteiger partial charge in [-0.05, 0) is 57.4 Å². The van der Waals surface area contributed by atoms with E-state index in [9.17, 15) is 9.59 Å². The van der Waals surface area contributed by atoms with Crippen LogP contribution in [0.1, 0.15) is 94.3 Å². The Bertz CT molecular complexity index is 869. The molecule has 6 heteroatoms. The van der Waals surface area contributed by atoms with Gasteiger partial charge in [-0.2, -0.15) is 0 Å². The number of unbranched alkanes of at least 4 members (excludes halogenated alkanes) is 6. The van der Waals surface area contributed by atoms with E-state index in [1.54, 1.807) is 12.1 Å². The lowest BCUT2D eigenvalue weighted by atomic mass is 10.1. The van der Waals surface area contributed by atoms with Crippen molar-refractivity contribution in [1.82, 2.24) is 0 Å². The number of carbonyl (C=O) groups excluding carboxylic acids is 2. The molecule has 0 aliphatic heterocycles. The standard InChI is InChI=1S/C28H36O6/c1-6-7-8-9-10-11-12-13-26(31-33-27(29)24-18-20(2)14-16-22(24)4)32-34-28(30)25-19-21(3)15-17-23(25)5/h14-19H,1,6-13H2,2-5H3. The van der Waals surface area contributed by atoms with Crippen LogP contribution in [0.3, 0.4) is 0 Å². The third kappa shape index (κ3) is 9.27. The lowest BCUT2D eigenvalue weighted by molar-refractivity contribution is -0.364. The Labute approximate surface area is 203 Å². The van der Waals surface area contributed by atoms with Gasteiger partial charge < -0.3 is 0 Å². The molecule has 34 heavy (non-hydrogen) atoms. The molecule has 0 saturated heterocycles. The second kappa shape index (κ2) is 14.5. The molecule has 0 spiro atoms. The SMILES string of the molecule is [CH2]CCCCCCCC[C](OOC(=O)c1cc(C)ccc1C)OOC(=O)c1cc(C)ccc1C. The zero-order valence-corrected chi connectivity index (χ0v) is 20.8. The van der Waals surface area contributed by atoms with E-state index >= 15 is 0 Å². The molecule has 0 aliphatic rings. The highest BCUT2D eigenvalue weighted by Crippen LogP contribution is 2.21. The molecule has 0 fully saturated rings. The summed E-state index contributed by atoms with van der Waals surface area (Å²) in [6, 6.07) is 11.0. The summed E-state index contributed by atoms with van der Waals surface area (Å²) in [6.45, 7) is 11.3. The fraction of sp³-hybridized carbons (Fsp3) is 0.429. The monoisotopic (exact) mass is 468 g/mol. The van der Waals surface area contributed by atoms with Crippen molar-refractivity contribution in [3.63, 3.8) is 0 Å². The van der Waals surface area contributed by atoms with E-state index in [0.717, 1.165) is 67.2 Å². The van der Waals surface area contributed by atoms with Gasteiger partial charge in [-0.15, -0.1) is 9.78 Å². The predicted octanol–water partition coefficient (Wildman–Crippen LogP) is 7.24. The summed E-state index contributed by atoms with van der Waals surface area (Å²) in [6.07, 6.45) is 7.39. The van der Waals surface area contributed by atoms with Gasteiger partial charge in [0.2, 0.25) is 0 Å². The number of aryl methyl sites for hydroxylation is 4. The molecule has 184 valence electrons. The van der Waals surface area contributed by atoms with Gasteiger partial charge in [-0.1, -0.05) is 80.8 Å². The lowest BCUT2D eigenvalue weighted by Gasteiger charge is -2.14. The van der Waals surface area contributed by atoms with E-state index in [1.165, 1.54) is 0 Å². The third-order valence-corrected chi connectivity index (χ3v) is 5.53. The first-order valence-corrected chi connectivity index (χ1v) is 11.9. The lowest BCUT2D eigenvalue weighted by Crippen LogP contribution is -2.17. The largest absolute Gasteiger partial charge is 0.373 e. The molecule has 0 aromatic heterocycles. The van der Waals surface area contributed by atoms with E-state index < -0.39 is 11.9 Å². The number of hydrogen-bond donors (Lipinski definition) is 0. The molecule has 0 amide bonds. The Morgan fingerprint density at radius 1 is 0.647 bits per heavy atom. The summed E-state index contributed by atoms with van der Waals surface area (Å²) in [4.78, 5) is 45.5. The molecule has 0 unspecified atom stereocenters. The quantitative estimate of drug-likeness (QED) is 0.165. The maximum absolute atomic E-state index is 12.5. The summed E-state index contributed by atoms with van der Waals surface area (Å²) in [7, 11) is 0. The van der Waals surface area contributed by atoms with Crippen LogP contribution in [0, 0.1) is 40.9 Å². The first-order chi connectivity index (χ1) is 16.3. The Balaban J connectivity index is 1.94. The average molecular weight is 469 g/mol. The van der Waals surface area contributed by atoms with Crippen LogP contribution in [0.5, 0.6) is 0 Å². The molecular formula is C28H36O6. The molecular weight excluding hydrogens is 432 g/mol. The van der Waals surface area contributed by atoms with Gasteiger partial charge in [0.25, 0.3) is 0 Å². The number of hydrogen-bond acceptors (Lipinski definition) is 6. The molecule has 0 atom stereocenters. The minimum atomic E-state index is -0.642. The third-order valence-electron chi connectivity index (χ3n) is 5.53. The summed E-state index contributed by atoms with van der Waals surface area (Å²) in [5.74, 6) is -1.28. The maximum Gasteiger partial charge on any atom is 0.373 e. The number of rotatable bonds is 14. The fourth-order valence-electron chi connectivity index (χ4n) is 3.42. The van der Waals surface area contributed by atoms with Crippen LogP contribution in [0.4, 0.5) is 0 Å². The zero-order chi connectivity index (χ0) is 24.9. The van der Waals surface area contributed by atoms with Gasteiger partial charge in [0.15, 0.2) is 0 Å². The van der Waals surface area contributed by atoms with Gasteiger partial charge in [-0.25, -0.2) is 9.59 Å². The van der Waals surface area contributed by atoms with E-state index in [-0.39, 0.29) is 6.29 Å². The van der Waals surface area contributed by atoms with Crippen molar-refractivity contribution >= 4 is 11.9 Å². The van der Waals surface area contributed by atoms with Gasteiger partial charge in [0.1, 0.15) is 0 Å². The average Bonchev–Trinajstić information content (AvgIpc) is 2.82. The van der Waals surface area contributed by atoms with Crippen LogP contribution in [0.15, 0.2) is 36.4 Å². The molecule has 0 saturated carbocycles. The Morgan fingerprint density at radius 2 is 1.09 bits per heavy atom. The fourth-order valence-corrected chi connectivity index (χ4v) is 3.42. The molecule has 2 aromatic carbocycles. The van der Waals surface area contributed by atoms with E-state index in [1.807, 2.05) is 52.0 Å². The molecule has 0 bridgehead atoms. The number of carbonyl (C=O) groups is 2.